The molecular formula is C38H46O8. The Morgan fingerprint density at radius 2 is 1.59 bits per heavy atom. The molecule has 3 N–H and O–H groups in total. The maximum Gasteiger partial charge on any atom is 0.330 e. The third kappa shape index (κ3) is 5.05. The first-order valence-electron chi connectivity index (χ1n) is 16.1. The first-order chi connectivity index (χ1) is 21.5. The lowest BCUT2D eigenvalue weighted by Crippen LogP contribution is -2.72. The van der Waals surface area contributed by atoms with Gasteiger partial charge < -0.3 is 24.8 Å². The topological polar surface area (TPSA) is 130 Å². The molecule has 2 fully saturated rings. The minimum Gasteiger partial charge on any atom is -0.507 e. The van der Waals surface area contributed by atoms with Crippen LogP contribution in [0.5, 0.6) is 17.2 Å². The highest BCUT2D eigenvalue weighted by Crippen LogP contribution is 2.68. The summed E-state index contributed by atoms with van der Waals surface area (Å²) >= 11 is 0. The lowest BCUT2D eigenvalue weighted by Gasteiger charge is -2.56. The number of hydrogen-bond acceptors (Lipinski definition) is 7. The van der Waals surface area contributed by atoms with Crippen LogP contribution in [-0.2, 0) is 27.2 Å². The molecule has 1 unspecified atom stereocenters. The quantitative estimate of drug-likeness (QED) is 0.182. The molecule has 0 radical (unpaired) electrons. The number of carbonyl (C=O) groups is 3. The molecule has 246 valence electrons. The molecule has 4 atom stereocenters. The van der Waals surface area contributed by atoms with Gasteiger partial charge in [-0.05, 0) is 87.5 Å². The number of allylic oxidation sites excluding steroid dienone is 7. The minimum absolute atomic E-state index is 0.0259. The van der Waals surface area contributed by atoms with Crippen LogP contribution in [0, 0.1) is 11.8 Å². The zero-order chi connectivity index (χ0) is 33.9. The largest absolute Gasteiger partial charge is 0.507 e. The number of carboxylic acids is 1. The molecule has 0 amide bonds. The predicted octanol–water partition coefficient (Wildman–Crippen LogP) is 7.27. The Morgan fingerprint density at radius 3 is 2.22 bits per heavy atom. The van der Waals surface area contributed by atoms with E-state index in [1.54, 1.807) is 6.08 Å². The highest BCUT2D eigenvalue weighted by molar-refractivity contribution is 6.18. The average Bonchev–Trinajstić information content (AvgIpc) is 3.12. The van der Waals surface area contributed by atoms with Gasteiger partial charge in [0, 0.05) is 40.5 Å². The van der Waals surface area contributed by atoms with E-state index in [2.05, 4.69) is 19.9 Å². The predicted molar refractivity (Wildman–Crippen MR) is 175 cm³/mol. The SMILES string of the molecule is CC(C)=CCC/C(C)=C\Cc1c(O)c(CC=C(C)C)c2c(c1O)C(=O)C1=C[C@@H]3C[C@H]4C(C)(C)OC(C/C=C(/C)C(=O)O)(C3=O)[C@@]14O2. The average molecular weight is 631 g/mol. The number of fused-ring (bicyclic) bond motifs is 1. The van der Waals surface area contributed by atoms with E-state index in [4.69, 9.17) is 9.47 Å². The number of benzene rings is 1. The zero-order valence-corrected chi connectivity index (χ0v) is 28.2. The minimum atomic E-state index is -1.67. The molecule has 1 saturated carbocycles. The molecule has 4 bridgehead atoms. The Morgan fingerprint density at radius 1 is 0.935 bits per heavy atom. The van der Waals surface area contributed by atoms with Crippen molar-refractivity contribution < 1.29 is 39.2 Å². The van der Waals surface area contributed by atoms with Gasteiger partial charge in [-0.2, -0.15) is 0 Å². The highest BCUT2D eigenvalue weighted by atomic mass is 16.6. The molecule has 1 saturated heterocycles. The van der Waals surface area contributed by atoms with Gasteiger partial charge in [-0.3, -0.25) is 9.59 Å². The Bertz CT molecular complexity index is 1670. The second-order valence-electron chi connectivity index (χ2n) is 14.4. The van der Waals surface area contributed by atoms with Crippen LogP contribution in [0.4, 0.5) is 0 Å². The maximum atomic E-state index is 14.7. The number of phenols is 2. The fourth-order valence-corrected chi connectivity index (χ4v) is 7.80. The molecule has 46 heavy (non-hydrogen) atoms. The third-order valence-corrected chi connectivity index (χ3v) is 10.2. The molecule has 3 aliphatic carbocycles. The van der Waals surface area contributed by atoms with Gasteiger partial charge in [0.15, 0.2) is 22.8 Å². The second kappa shape index (κ2) is 11.7. The van der Waals surface area contributed by atoms with Gasteiger partial charge in [0.2, 0.25) is 0 Å². The van der Waals surface area contributed by atoms with Crippen LogP contribution in [0.15, 0.2) is 58.2 Å². The van der Waals surface area contributed by atoms with E-state index < -0.39 is 40.4 Å². The first kappa shape index (κ1) is 33.5. The van der Waals surface area contributed by atoms with Crippen molar-refractivity contribution >= 4 is 17.5 Å². The van der Waals surface area contributed by atoms with Crippen molar-refractivity contribution in [3.63, 3.8) is 0 Å². The highest BCUT2D eigenvalue weighted by Gasteiger charge is 2.81. The van der Waals surface area contributed by atoms with Gasteiger partial charge in [0.05, 0.1) is 5.60 Å². The molecule has 8 nitrogen and oxygen atoms in total. The molecule has 2 aliphatic heterocycles. The number of carbonyl (C=O) groups excluding carboxylic acids is 2. The normalized spacial score (nSPS) is 27.4. The number of aromatic hydroxyl groups is 2. The summed E-state index contributed by atoms with van der Waals surface area (Å²) in [5.74, 6) is -3.33. The smallest absolute Gasteiger partial charge is 0.330 e. The van der Waals surface area contributed by atoms with E-state index >= 15 is 0 Å². The molecule has 5 aliphatic rings. The van der Waals surface area contributed by atoms with E-state index in [1.807, 2.05) is 46.8 Å². The lowest BCUT2D eigenvalue weighted by atomic mass is 9.51. The van der Waals surface area contributed by atoms with Crippen LogP contribution in [0.25, 0.3) is 0 Å². The number of Topliss-reactive ketones (excluding diaryl/α,β-unsaturated/α-hetero) is 2. The fourth-order valence-electron chi connectivity index (χ4n) is 7.80. The standard InChI is InChI=1S/C38H46O8/c1-20(2)10-9-11-22(5)13-15-25-30(39)26(14-12-21(3)4)33-29(31(25)40)32(41)27-18-24-19-28-36(7,8)46-37(34(24)42,38(27,28)45-33)17-16-23(6)35(43)44/h10,12-13,16,18,24,28,39-40H,9,11,14-15,17,19H2,1-8H3,(H,43,44)/b22-13-,23-16-/t24-,28+,37?,38-/m1/s1. The molecule has 1 aromatic carbocycles. The van der Waals surface area contributed by atoms with Crippen molar-refractivity contribution in [1.29, 1.82) is 0 Å². The van der Waals surface area contributed by atoms with E-state index in [1.165, 1.54) is 18.6 Å². The van der Waals surface area contributed by atoms with Crippen LogP contribution in [0.1, 0.15) is 103 Å². The van der Waals surface area contributed by atoms with E-state index in [9.17, 15) is 29.7 Å². The van der Waals surface area contributed by atoms with Gasteiger partial charge in [-0.15, -0.1) is 0 Å². The van der Waals surface area contributed by atoms with Crippen LogP contribution in [0.2, 0.25) is 0 Å². The van der Waals surface area contributed by atoms with Crippen molar-refractivity contribution in [1.82, 2.24) is 0 Å². The number of ether oxygens (including phenoxy) is 2. The monoisotopic (exact) mass is 630 g/mol. The molecule has 0 aromatic heterocycles. The number of hydrogen-bond donors (Lipinski definition) is 3. The van der Waals surface area contributed by atoms with E-state index in [0.717, 1.165) is 24.0 Å². The van der Waals surface area contributed by atoms with Gasteiger partial charge in [0.25, 0.3) is 0 Å². The van der Waals surface area contributed by atoms with Crippen LogP contribution >= 0.6 is 0 Å². The van der Waals surface area contributed by atoms with Crippen molar-refractivity contribution in [3.8, 4) is 17.2 Å². The number of aliphatic carboxylic acids is 1. The number of phenolic OH excluding ortho intramolecular Hbond substituents is 2. The van der Waals surface area contributed by atoms with Crippen molar-refractivity contribution in [2.24, 2.45) is 11.8 Å². The van der Waals surface area contributed by atoms with Crippen LogP contribution in [0.3, 0.4) is 0 Å². The summed E-state index contributed by atoms with van der Waals surface area (Å²) in [4.78, 5) is 40.6. The van der Waals surface area contributed by atoms with Gasteiger partial charge in [-0.25, -0.2) is 4.79 Å². The Labute approximate surface area is 271 Å². The number of ketones is 2. The Hall–Kier alpha value is -3.91. The fraction of sp³-hybridized carbons (Fsp3) is 0.500. The van der Waals surface area contributed by atoms with E-state index in [0.29, 0.717) is 12.0 Å². The molecule has 1 aromatic rings. The summed E-state index contributed by atoms with van der Waals surface area (Å²) in [5.41, 5.74) is 0.0623. The molecule has 1 spiro atoms. The second-order valence-corrected chi connectivity index (χ2v) is 14.4. The summed E-state index contributed by atoms with van der Waals surface area (Å²) in [6, 6.07) is 0. The van der Waals surface area contributed by atoms with Crippen molar-refractivity contribution in [2.45, 2.75) is 111 Å². The summed E-state index contributed by atoms with van der Waals surface area (Å²) < 4.78 is 13.6. The molecular weight excluding hydrogens is 584 g/mol. The van der Waals surface area contributed by atoms with Gasteiger partial charge in [-0.1, -0.05) is 47.1 Å². The Kier molecular flexibility index (Phi) is 8.52. The molecule has 8 heteroatoms. The zero-order valence-electron chi connectivity index (χ0n) is 28.2. The third-order valence-electron chi connectivity index (χ3n) is 10.2. The number of carboxylic acid groups (broad SMARTS) is 1. The van der Waals surface area contributed by atoms with Gasteiger partial charge in [0.1, 0.15) is 22.8 Å². The van der Waals surface area contributed by atoms with Crippen molar-refractivity contribution in [2.75, 3.05) is 0 Å². The Balaban J connectivity index is 1.71. The van der Waals surface area contributed by atoms with E-state index in [-0.39, 0.29) is 64.6 Å². The summed E-state index contributed by atoms with van der Waals surface area (Å²) in [5, 5.41) is 33.0. The molecule has 2 heterocycles. The lowest BCUT2D eigenvalue weighted by molar-refractivity contribution is -0.171. The van der Waals surface area contributed by atoms with Gasteiger partial charge >= 0.3 is 5.97 Å². The summed E-state index contributed by atoms with van der Waals surface area (Å²) in [6.07, 6.45) is 11.6. The van der Waals surface area contributed by atoms with Crippen LogP contribution < -0.4 is 4.74 Å². The van der Waals surface area contributed by atoms with Crippen molar-refractivity contribution in [3.05, 3.63) is 74.9 Å². The summed E-state index contributed by atoms with van der Waals surface area (Å²) in [6.45, 7) is 15.2. The number of rotatable bonds is 10. The summed E-state index contributed by atoms with van der Waals surface area (Å²) in [7, 11) is 0. The first-order valence-corrected chi connectivity index (χ1v) is 16.1. The maximum absolute atomic E-state index is 14.7. The molecule has 6 rings (SSSR count). The van der Waals surface area contributed by atoms with Crippen LogP contribution in [-0.4, -0.2) is 49.7 Å².